The third kappa shape index (κ3) is 3.06. The fourth-order valence-electron chi connectivity index (χ4n) is 2.79. The average Bonchev–Trinajstić information content (AvgIpc) is 2.59. The molecular formula is C19H17N3O4. The first kappa shape index (κ1) is 17.3. The number of carbonyl (C=O) groups is 1. The van der Waals surface area contributed by atoms with Crippen molar-refractivity contribution in [3.8, 4) is 0 Å². The molecule has 0 bridgehead atoms. The number of aromatic amines is 1. The van der Waals surface area contributed by atoms with Crippen molar-refractivity contribution in [1.29, 1.82) is 0 Å². The number of amides is 1. The van der Waals surface area contributed by atoms with E-state index in [9.17, 15) is 19.7 Å². The number of nitro groups is 1. The molecular weight excluding hydrogens is 334 g/mol. The van der Waals surface area contributed by atoms with Crippen LogP contribution < -0.4 is 10.9 Å². The molecule has 7 heteroatoms. The van der Waals surface area contributed by atoms with Gasteiger partial charge < -0.3 is 10.3 Å². The Balaban J connectivity index is 1.95. The lowest BCUT2D eigenvalue weighted by Gasteiger charge is -2.09. The number of aromatic nitrogens is 1. The molecule has 7 nitrogen and oxygen atoms in total. The summed E-state index contributed by atoms with van der Waals surface area (Å²) in [7, 11) is 0. The highest BCUT2D eigenvalue weighted by atomic mass is 16.6. The summed E-state index contributed by atoms with van der Waals surface area (Å²) in [6.45, 7) is 5.24. The first-order chi connectivity index (χ1) is 12.3. The van der Waals surface area contributed by atoms with Crippen molar-refractivity contribution < 1.29 is 9.72 Å². The van der Waals surface area contributed by atoms with Gasteiger partial charge in [-0.1, -0.05) is 12.1 Å². The molecule has 0 aliphatic carbocycles. The molecule has 1 aromatic heterocycles. The Morgan fingerprint density at radius 3 is 2.50 bits per heavy atom. The first-order valence-corrected chi connectivity index (χ1v) is 7.97. The lowest BCUT2D eigenvalue weighted by Crippen LogP contribution is -2.14. The van der Waals surface area contributed by atoms with Gasteiger partial charge >= 0.3 is 0 Å². The third-order valence-electron chi connectivity index (χ3n) is 4.50. The number of H-pyrrole nitrogens is 1. The normalized spacial score (nSPS) is 10.7. The maximum absolute atomic E-state index is 12.4. The van der Waals surface area contributed by atoms with Gasteiger partial charge in [0.25, 0.3) is 17.2 Å². The van der Waals surface area contributed by atoms with Crippen molar-refractivity contribution in [1.82, 2.24) is 4.98 Å². The zero-order chi connectivity index (χ0) is 19.0. The van der Waals surface area contributed by atoms with Gasteiger partial charge in [-0.3, -0.25) is 19.7 Å². The second kappa shape index (κ2) is 6.44. The van der Waals surface area contributed by atoms with Crippen LogP contribution in [0.2, 0.25) is 0 Å². The molecule has 3 aromatic rings. The van der Waals surface area contributed by atoms with Crippen molar-refractivity contribution in [3.63, 3.8) is 0 Å². The van der Waals surface area contributed by atoms with Crippen LogP contribution in [-0.4, -0.2) is 15.8 Å². The van der Waals surface area contributed by atoms with Crippen LogP contribution in [0.4, 0.5) is 11.4 Å². The molecule has 2 N–H and O–H groups in total. The summed E-state index contributed by atoms with van der Waals surface area (Å²) in [6, 6.07) is 9.55. The predicted molar refractivity (Wildman–Crippen MR) is 99.8 cm³/mol. The van der Waals surface area contributed by atoms with Crippen LogP contribution in [0.25, 0.3) is 10.9 Å². The molecule has 0 radical (unpaired) electrons. The monoisotopic (exact) mass is 351 g/mol. The van der Waals surface area contributed by atoms with Crippen LogP contribution >= 0.6 is 0 Å². The summed E-state index contributed by atoms with van der Waals surface area (Å²) < 4.78 is 0. The lowest BCUT2D eigenvalue weighted by atomic mass is 10.1. The maximum Gasteiger partial charge on any atom is 0.273 e. The van der Waals surface area contributed by atoms with E-state index in [0.717, 1.165) is 10.9 Å². The largest absolute Gasteiger partial charge is 0.322 e. The van der Waals surface area contributed by atoms with Crippen molar-refractivity contribution >= 4 is 28.2 Å². The third-order valence-corrected chi connectivity index (χ3v) is 4.50. The summed E-state index contributed by atoms with van der Waals surface area (Å²) in [5.41, 5.74) is 3.04. The molecule has 0 spiro atoms. The maximum atomic E-state index is 12.4. The fourth-order valence-corrected chi connectivity index (χ4v) is 2.79. The second-order valence-electron chi connectivity index (χ2n) is 6.18. The molecule has 0 aliphatic rings. The van der Waals surface area contributed by atoms with Gasteiger partial charge in [0.15, 0.2) is 0 Å². The quantitative estimate of drug-likeness (QED) is 0.555. The number of hydrogen-bond donors (Lipinski definition) is 2. The van der Waals surface area contributed by atoms with E-state index in [0.29, 0.717) is 22.3 Å². The Hall–Kier alpha value is -3.48. The number of nitrogens with zero attached hydrogens (tertiary/aromatic N) is 1. The minimum absolute atomic E-state index is 0.105. The summed E-state index contributed by atoms with van der Waals surface area (Å²) in [6.07, 6.45) is 0. The molecule has 1 amide bonds. The van der Waals surface area contributed by atoms with E-state index in [-0.39, 0.29) is 16.8 Å². The van der Waals surface area contributed by atoms with Crippen molar-refractivity contribution in [2.75, 3.05) is 5.32 Å². The van der Waals surface area contributed by atoms with Crippen LogP contribution in [0.15, 0.2) is 41.2 Å². The van der Waals surface area contributed by atoms with Gasteiger partial charge in [0.1, 0.15) is 0 Å². The molecule has 26 heavy (non-hydrogen) atoms. The Bertz CT molecular complexity index is 1120. The molecule has 0 atom stereocenters. The Kier molecular flexibility index (Phi) is 4.29. The van der Waals surface area contributed by atoms with Gasteiger partial charge in [-0.2, -0.15) is 0 Å². The highest BCUT2D eigenvalue weighted by Crippen LogP contribution is 2.23. The molecule has 132 valence electrons. The smallest absolute Gasteiger partial charge is 0.273 e. The number of nitro benzene ring substituents is 1. The second-order valence-corrected chi connectivity index (χ2v) is 6.18. The van der Waals surface area contributed by atoms with Crippen molar-refractivity contribution in [3.05, 3.63) is 79.1 Å². The Morgan fingerprint density at radius 2 is 1.81 bits per heavy atom. The number of carbonyl (C=O) groups excluding carboxylic acids is 1. The molecule has 0 unspecified atom stereocenters. The minimum atomic E-state index is -0.516. The van der Waals surface area contributed by atoms with E-state index in [1.165, 1.54) is 18.2 Å². The van der Waals surface area contributed by atoms with E-state index in [4.69, 9.17) is 0 Å². The van der Waals surface area contributed by atoms with Gasteiger partial charge in [0.2, 0.25) is 0 Å². The number of nitrogens with one attached hydrogen (secondary N) is 2. The zero-order valence-electron chi connectivity index (χ0n) is 14.5. The molecule has 0 aliphatic heterocycles. The number of fused-ring (bicyclic) bond motifs is 1. The van der Waals surface area contributed by atoms with Crippen molar-refractivity contribution in [2.24, 2.45) is 0 Å². The molecule has 0 saturated heterocycles. The van der Waals surface area contributed by atoms with Crippen LogP contribution in [-0.2, 0) is 0 Å². The number of anilines is 1. The van der Waals surface area contributed by atoms with E-state index in [1.807, 2.05) is 13.0 Å². The zero-order valence-corrected chi connectivity index (χ0v) is 14.5. The van der Waals surface area contributed by atoms with Crippen LogP contribution in [0.5, 0.6) is 0 Å². The SMILES string of the molecule is Cc1ccc(C(=O)Nc2ccc3c(C)c(C)c(=O)[nH]c3c2)cc1[N+](=O)[O-]. The first-order valence-electron chi connectivity index (χ1n) is 7.97. The predicted octanol–water partition coefficient (Wildman–Crippen LogP) is 3.61. The number of benzene rings is 2. The van der Waals surface area contributed by atoms with Crippen LogP contribution in [0.1, 0.15) is 27.0 Å². The Morgan fingerprint density at radius 1 is 1.08 bits per heavy atom. The molecule has 1 heterocycles. The molecule has 3 rings (SSSR count). The van der Waals surface area contributed by atoms with Gasteiger partial charge in [0, 0.05) is 33.8 Å². The summed E-state index contributed by atoms with van der Waals surface area (Å²) in [4.78, 5) is 37.7. The highest BCUT2D eigenvalue weighted by molar-refractivity contribution is 6.05. The fraction of sp³-hybridized carbons (Fsp3) is 0.158. The minimum Gasteiger partial charge on any atom is -0.322 e. The van der Waals surface area contributed by atoms with Gasteiger partial charge in [0.05, 0.1) is 10.4 Å². The topological polar surface area (TPSA) is 105 Å². The summed E-state index contributed by atoms with van der Waals surface area (Å²) in [5, 5.41) is 14.6. The highest BCUT2D eigenvalue weighted by Gasteiger charge is 2.15. The molecule has 0 fully saturated rings. The standard InChI is InChI=1S/C19H17N3O4/c1-10-4-5-13(8-17(10)22(25)26)19(24)20-14-6-7-15-11(2)12(3)18(23)21-16(15)9-14/h4-9H,1-3H3,(H,20,24)(H,21,23). The van der Waals surface area contributed by atoms with E-state index in [1.54, 1.807) is 26.0 Å². The van der Waals surface area contributed by atoms with Gasteiger partial charge in [-0.05, 0) is 44.5 Å². The number of hydrogen-bond acceptors (Lipinski definition) is 4. The van der Waals surface area contributed by atoms with E-state index >= 15 is 0 Å². The summed E-state index contributed by atoms with van der Waals surface area (Å²) in [5.74, 6) is -0.460. The van der Waals surface area contributed by atoms with Crippen LogP contribution in [0, 0.1) is 30.9 Å². The Labute approximate surface area is 148 Å². The molecule has 2 aromatic carbocycles. The van der Waals surface area contributed by atoms with E-state index in [2.05, 4.69) is 10.3 Å². The van der Waals surface area contributed by atoms with Crippen molar-refractivity contribution in [2.45, 2.75) is 20.8 Å². The number of pyridine rings is 1. The van der Waals surface area contributed by atoms with E-state index < -0.39 is 10.8 Å². The summed E-state index contributed by atoms with van der Waals surface area (Å²) >= 11 is 0. The van der Waals surface area contributed by atoms with Crippen LogP contribution in [0.3, 0.4) is 0 Å². The average molecular weight is 351 g/mol. The van der Waals surface area contributed by atoms with Gasteiger partial charge in [-0.15, -0.1) is 0 Å². The van der Waals surface area contributed by atoms with Gasteiger partial charge in [-0.25, -0.2) is 0 Å². The number of rotatable bonds is 3. The molecule has 0 saturated carbocycles. The lowest BCUT2D eigenvalue weighted by molar-refractivity contribution is -0.385. The number of aryl methyl sites for hydroxylation is 2.